The zero-order chi connectivity index (χ0) is 16.2. The Hall–Kier alpha value is -2.46. The van der Waals surface area contributed by atoms with Crippen LogP contribution in [-0.2, 0) is 11.2 Å². The Morgan fingerprint density at radius 2 is 2.00 bits per heavy atom. The third kappa shape index (κ3) is 4.05. The topological polar surface area (TPSA) is 42.0 Å². The number of aryl methyl sites for hydroxylation is 2. The largest absolute Gasteiger partial charge is 0.317 e. The van der Waals surface area contributed by atoms with Crippen LogP contribution in [0.3, 0.4) is 0 Å². The van der Waals surface area contributed by atoms with Gasteiger partial charge in [0.15, 0.2) is 0 Å². The van der Waals surface area contributed by atoms with Crippen molar-refractivity contribution in [2.45, 2.75) is 20.3 Å². The average molecular weight is 322 g/mol. The molecule has 1 aromatic carbocycles. The van der Waals surface area contributed by atoms with E-state index in [1.165, 1.54) is 16.9 Å². The molecule has 0 atom stereocenters. The molecular weight excluding hydrogens is 304 g/mol. The minimum atomic E-state index is 0.00917. The van der Waals surface area contributed by atoms with Gasteiger partial charge < -0.3 is 5.32 Å². The predicted octanol–water partition coefficient (Wildman–Crippen LogP) is 4.61. The van der Waals surface area contributed by atoms with Crippen LogP contribution in [0.15, 0.2) is 54.0 Å². The summed E-state index contributed by atoms with van der Waals surface area (Å²) in [6, 6.07) is 14.1. The van der Waals surface area contributed by atoms with Crippen molar-refractivity contribution >= 4 is 22.2 Å². The number of nitrogens with zero attached hydrogens (tertiary/aromatic N) is 1. The molecule has 0 aliphatic rings. The molecule has 4 heteroatoms. The number of pyridine rings is 1. The molecule has 2 heterocycles. The molecule has 3 aromatic rings. The van der Waals surface area contributed by atoms with Crippen molar-refractivity contribution in [1.82, 2.24) is 4.98 Å². The lowest BCUT2D eigenvalue weighted by molar-refractivity contribution is -0.115. The van der Waals surface area contributed by atoms with Crippen molar-refractivity contribution in [3.8, 4) is 11.1 Å². The highest BCUT2D eigenvalue weighted by atomic mass is 32.1. The third-order valence-electron chi connectivity index (χ3n) is 3.54. The minimum Gasteiger partial charge on any atom is -0.317 e. The van der Waals surface area contributed by atoms with Crippen molar-refractivity contribution in [1.29, 1.82) is 0 Å². The van der Waals surface area contributed by atoms with E-state index in [-0.39, 0.29) is 5.91 Å². The summed E-state index contributed by atoms with van der Waals surface area (Å²) < 4.78 is 0. The molecule has 3 nitrogen and oxygen atoms in total. The fourth-order valence-electron chi connectivity index (χ4n) is 2.47. The fraction of sp³-hybridized carbons (Fsp3) is 0.158. The van der Waals surface area contributed by atoms with Crippen molar-refractivity contribution in [2.75, 3.05) is 5.32 Å². The lowest BCUT2D eigenvalue weighted by Gasteiger charge is -2.03. The fourth-order valence-corrected chi connectivity index (χ4v) is 3.29. The van der Waals surface area contributed by atoms with Gasteiger partial charge in [-0.1, -0.05) is 29.8 Å². The van der Waals surface area contributed by atoms with Gasteiger partial charge in [-0.15, -0.1) is 11.3 Å². The first-order valence-electron chi connectivity index (χ1n) is 7.47. The third-order valence-corrected chi connectivity index (χ3v) is 4.38. The molecule has 116 valence electrons. The molecule has 0 radical (unpaired) electrons. The summed E-state index contributed by atoms with van der Waals surface area (Å²) in [6.45, 7) is 4.00. The molecule has 1 amide bonds. The van der Waals surface area contributed by atoms with E-state index in [2.05, 4.69) is 15.7 Å². The van der Waals surface area contributed by atoms with E-state index in [0.717, 1.165) is 27.4 Å². The molecule has 23 heavy (non-hydrogen) atoms. The van der Waals surface area contributed by atoms with E-state index in [1.54, 1.807) is 6.20 Å². The number of hydrogen-bond donors (Lipinski definition) is 1. The van der Waals surface area contributed by atoms with Crippen LogP contribution < -0.4 is 5.32 Å². The highest BCUT2D eigenvalue weighted by molar-refractivity contribution is 7.14. The van der Waals surface area contributed by atoms with Crippen LogP contribution in [0.5, 0.6) is 0 Å². The van der Waals surface area contributed by atoms with E-state index in [9.17, 15) is 4.79 Å². The summed E-state index contributed by atoms with van der Waals surface area (Å²) >= 11 is 1.54. The van der Waals surface area contributed by atoms with Gasteiger partial charge in [0.25, 0.3) is 0 Å². The Balaban J connectivity index is 1.68. The number of anilines is 1. The van der Waals surface area contributed by atoms with Crippen molar-refractivity contribution in [2.24, 2.45) is 0 Å². The van der Waals surface area contributed by atoms with Crippen molar-refractivity contribution < 1.29 is 4.79 Å². The number of carbonyl (C=O) groups excluding carboxylic acids is 1. The Kier molecular flexibility index (Phi) is 4.53. The molecule has 2 aromatic heterocycles. The standard InChI is InChI=1S/C19H18N2OS/c1-13-4-3-5-15(8-13)10-18(22)21-19-11-17(12-23-19)16-6-7-20-14(2)9-16/h3-9,11-12H,10H2,1-2H3,(H,21,22). The van der Waals surface area contributed by atoms with Crippen LogP contribution in [-0.4, -0.2) is 10.9 Å². The van der Waals surface area contributed by atoms with Gasteiger partial charge in [0, 0.05) is 17.3 Å². The van der Waals surface area contributed by atoms with Crippen LogP contribution >= 0.6 is 11.3 Å². The van der Waals surface area contributed by atoms with Gasteiger partial charge in [-0.05, 0) is 48.7 Å². The second-order valence-electron chi connectivity index (χ2n) is 5.60. The van der Waals surface area contributed by atoms with Crippen molar-refractivity contribution in [3.63, 3.8) is 0 Å². The molecule has 0 unspecified atom stereocenters. The quantitative estimate of drug-likeness (QED) is 0.762. The van der Waals surface area contributed by atoms with Gasteiger partial charge in [0.1, 0.15) is 0 Å². The van der Waals surface area contributed by atoms with Gasteiger partial charge in [-0.25, -0.2) is 0 Å². The molecule has 0 saturated carbocycles. The molecule has 1 N–H and O–H groups in total. The van der Waals surface area contributed by atoms with Gasteiger partial charge in [0.05, 0.1) is 11.4 Å². The maximum Gasteiger partial charge on any atom is 0.229 e. The molecule has 0 spiro atoms. The number of hydrogen-bond acceptors (Lipinski definition) is 3. The first-order chi connectivity index (χ1) is 11.1. The van der Waals surface area contributed by atoms with Crippen LogP contribution in [0, 0.1) is 13.8 Å². The lowest BCUT2D eigenvalue weighted by atomic mass is 10.1. The van der Waals surface area contributed by atoms with E-state index >= 15 is 0 Å². The molecule has 3 rings (SSSR count). The van der Waals surface area contributed by atoms with Crippen LogP contribution in [0.1, 0.15) is 16.8 Å². The second kappa shape index (κ2) is 6.75. The Morgan fingerprint density at radius 1 is 1.13 bits per heavy atom. The Labute approximate surface area is 140 Å². The van der Waals surface area contributed by atoms with E-state index in [1.807, 2.05) is 56.3 Å². The van der Waals surface area contributed by atoms with Gasteiger partial charge in [-0.3, -0.25) is 9.78 Å². The smallest absolute Gasteiger partial charge is 0.229 e. The Bertz CT molecular complexity index is 839. The van der Waals surface area contributed by atoms with Gasteiger partial charge >= 0.3 is 0 Å². The lowest BCUT2D eigenvalue weighted by Crippen LogP contribution is -2.13. The number of thiophene rings is 1. The summed E-state index contributed by atoms with van der Waals surface area (Å²) in [7, 11) is 0. The summed E-state index contributed by atoms with van der Waals surface area (Å²) in [4.78, 5) is 16.4. The Morgan fingerprint density at radius 3 is 2.78 bits per heavy atom. The van der Waals surface area contributed by atoms with Crippen LogP contribution in [0.4, 0.5) is 5.00 Å². The second-order valence-corrected chi connectivity index (χ2v) is 6.51. The number of rotatable bonds is 4. The van der Waals surface area contributed by atoms with E-state index < -0.39 is 0 Å². The first-order valence-corrected chi connectivity index (χ1v) is 8.35. The molecule has 0 aliphatic heterocycles. The van der Waals surface area contributed by atoms with Crippen LogP contribution in [0.25, 0.3) is 11.1 Å². The van der Waals surface area contributed by atoms with E-state index in [0.29, 0.717) is 6.42 Å². The maximum absolute atomic E-state index is 12.2. The minimum absolute atomic E-state index is 0.00917. The number of aromatic nitrogens is 1. The molecular formula is C19H18N2OS. The average Bonchev–Trinajstić information content (AvgIpc) is 2.95. The van der Waals surface area contributed by atoms with E-state index in [4.69, 9.17) is 0 Å². The number of amides is 1. The maximum atomic E-state index is 12.2. The zero-order valence-corrected chi connectivity index (χ0v) is 14.0. The predicted molar refractivity (Wildman–Crippen MR) is 95.8 cm³/mol. The number of nitrogens with one attached hydrogen (secondary N) is 1. The molecule has 0 bridgehead atoms. The SMILES string of the molecule is Cc1cccc(CC(=O)Nc2cc(-c3ccnc(C)c3)cs2)c1. The molecule has 0 saturated heterocycles. The summed E-state index contributed by atoms with van der Waals surface area (Å²) in [6.07, 6.45) is 2.20. The van der Waals surface area contributed by atoms with Crippen molar-refractivity contribution in [3.05, 3.63) is 70.9 Å². The summed E-state index contributed by atoms with van der Waals surface area (Å²) in [5.74, 6) is 0.00917. The molecule has 0 aliphatic carbocycles. The van der Waals surface area contributed by atoms with Crippen LogP contribution in [0.2, 0.25) is 0 Å². The molecule has 0 fully saturated rings. The number of carbonyl (C=O) groups is 1. The zero-order valence-electron chi connectivity index (χ0n) is 13.2. The van der Waals surface area contributed by atoms with Gasteiger partial charge in [0.2, 0.25) is 5.91 Å². The summed E-state index contributed by atoms with van der Waals surface area (Å²) in [5, 5.41) is 5.90. The monoisotopic (exact) mass is 322 g/mol. The number of benzene rings is 1. The van der Waals surface area contributed by atoms with Gasteiger partial charge in [-0.2, -0.15) is 0 Å². The highest BCUT2D eigenvalue weighted by Crippen LogP contribution is 2.29. The first kappa shape index (κ1) is 15.4. The summed E-state index contributed by atoms with van der Waals surface area (Å²) in [5.41, 5.74) is 5.41. The highest BCUT2D eigenvalue weighted by Gasteiger charge is 2.08. The normalized spacial score (nSPS) is 10.5.